The number of pyridine rings is 1. The summed E-state index contributed by atoms with van der Waals surface area (Å²) in [5.41, 5.74) is 5.43. The molecule has 2 N–H and O–H groups in total. The van der Waals surface area contributed by atoms with Crippen molar-refractivity contribution in [2.24, 2.45) is 0 Å². The Kier molecular flexibility index (Phi) is 4.58. The van der Waals surface area contributed by atoms with Crippen molar-refractivity contribution in [1.82, 2.24) is 4.98 Å². The number of fused-ring (bicyclic) bond motifs is 3. The smallest absolute Gasteiger partial charge is 0.255 e. The minimum atomic E-state index is -0.153. The second-order valence-electron chi connectivity index (χ2n) is 8.66. The number of aromatic amines is 1. The van der Waals surface area contributed by atoms with Gasteiger partial charge in [-0.1, -0.05) is 39.0 Å². The molecule has 2 aromatic carbocycles. The summed E-state index contributed by atoms with van der Waals surface area (Å²) in [7, 11) is 0. The minimum Gasteiger partial charge on any atom is -0.322 e. The number of benzene rings is 2. The highest BCUT2D eigenvalue weighted by Gasteiger charge is 2.17. The maximum atomic E-state index is 12.6. The van der Waals surface area contributed by atoms with Gasteiger partial charge >= 0.3 is 0 Å². The molecule has 4 heteroatoms. The predicted octanol–water partition coefficient (Wildman–Crippen LogP) is 4.96. The van der Waals surface area contributed by atoms with E-state index in [1.807, 2.05) is 42.5 Å². The molecule has 1 heterocycles. The lowest BCUT2D eigenvalue weighted by Crippen LogP contribution is -2.19. The Labute approximate surface area is 165 Å². The van der Waals surface area contributed by atoms with Crippen LogP contribution < -0.4 is 10.9 Å². The first-order valence-electron chi connectivity index (χ1n) is 9.92. The summed E-state index contributed by atoms with van der Waals surface area (Å²) < 4.78 is 0. The molecule has 1 aromatic heterocycles. The van der Waals surface area contributed by atoms with E-state index in [2.05, 4.69) is 31.1 Å². The van der Waals surface area contributed by atoms with Crippen molar-refractivity contribution >= 4 is 22.5 Å². The van der Waals surface area contributed by atoms with E-state index in [4.69, 9.17) is 0 Å². The zero-order chi connectivity index (χ0) is 19.9. The van der Waals surface area contributed by atoms with Crippen LogP contribution in [0.15, 0.2) is 47.3 Å². The first kappa shape index (κ1) is 18.5. The Bertz CT molecular complexity index is 1100. The van der Waals surface area contributed by atoms with Gasteiger partial charge in [-0.25, -0.2) is 0 Å². The van der Waals surface area contributed by atoms with Gasteiger partial charge in [0.2, 0.25) is 0 Å². The normalized spacial score (nSPS) is 14.0. The molecule has 0 radical (unpaired) electrons. The fourth-order valence-electron chi connectivity index (χ4n) is 3.96. The molecule has 0 spiro atoms. The summed E-state index contributed by atoms with van der Waals surface area (Å²) in [5.74, 6) is -0.153. The molecule has 0 fully saturated rings. The summed E-state index contributed by atoms with van der Waals surface area (Å²) in [5, 5.41) is 4.03. The number of H-pyrrole nitrogens is 1. The molecule has 4 rings (SSSR count). The van der Waals surface area contributed by atoms with Gasteiger partial charge in [-0.2, -0.15) is 0 Å². The van der Waals surface area contributed by atoms with Gasteiger partial charge in [0.15, 0.2) is 0 Å². The van der Waals surface area contributed by atoms with Gasteiger partial charge in [0.1, 0.15) is 0 Å². The molecule has 1 amide bonds. The summed E-state index contributed by atoms with van der Waals surface area (Å²) in [6.07, 6.45) is 3.99. The van der Waals surface area contributed by atoms with Crippen molar-refractivity contribution < 1.29 is 4.79 Å². The Morgan fingerprint density at radius 1 is 0.964 bits per heavy atom. The molecule has 1 aliphatic carbocycles. The molecule has 3 aromatic rings. The lowest BCUT2D eigenvalue weighted by molar-refractivity contribution is 0.102. The zero-order valence-corrected chi connectivity index (χ0v) is 16.7. The standard InChI is InChI=1S/C24H26N2O2/c1-24(2,3)16-10-8-15(9-11-16)22(27)25-17-12-13-19-18-6-4-5-7-20(18)23(28)26-21(19)14-17/h8-14H,4-7H2,1-3H3,(H,25,27)(H,26,28). The Morgan fingerprint density at radius 2 is 1.64 bits per heavy atom. The average molecular weight is 374 g/mol. The van der Waals surface area contributed by atoms with E-state index in [-0.39, 0.29) is 16.9 Å². The van der Waals surface area contributed by atoms with Crippen molar-refractivity contribution in [3.63, 3.8) is 0 Å². The number of hydrogen-bond acceptors (Lipinski definition) is 2. The van der Waals surface area contributed by atoms with Crippen LogP contribution in [-0.4, -0.2) is 10.9 Å². The van der Waals surface area contributed by atoms with E-state index in [0.717, 1.165) is 42.1 Å². The van der Waals surface area contributed by atoms with Gasteiger partial charge in [-0.3, -0.25) is 9.59 Å². The van der Waals surface area contributed by atoms with E-state index in [0.29, 0.717) is 11.3 Å². The van der Waals surface area contributed by atoms with Crippen LogP contribution in [0.4, 0.5) is 5.69 Å². The minimum absolute atomic E-state index is 0.00319. The molecule has 0 atom stereocenters. The predicted molar refractivity (Wildman–Crippen MR) is 114 cm³/mol. The highest BCUT2D eigenvalue weighted by molar-refractivity contribution is 6.05. The van der Waals surface area contributed by atoms with Crippen molar-refractivity contribution in [3.05, 3.63) is 75.1 Å². The number of nitrogens with one attached hydrogen (secondary N) is 2. The highest BCUT2D eigenvalue weighted by atomic mass is 16.1. The van der Waals surface area contributed by atoms with Crippen LogP contribution in [0.3, 0.4) is 0 Å². The second-order valence-corrected chi connectivity index (χ2v) is 8.66. The second kappa shape index (κ2) is 6.93. The van der Waals surface area contributed by atoms with E-state index in [1.165, 1.54) is 11.1 Å². The number of aryl methyl sites for hydroxylation is 1. The molecule has 0 unspecified atom stereocenters. The topological polar surface area (TPSA) is 62.0 Å². The number of rotatable bonds is 2. The van der Waals surface area contributed by atoms with Crippen molar-refractivity contribution in [1.29, 1.82) is 0 Å². The lowest BCUT2D eigenvalue weighted by Gasteiger charge is -2.19. The molecule has 4 nitrogen and oxygen atoms in total. The molecular weight excluding hydrogens is 348 g/mol. The third-order valence-electron chi connectivity index (χ3n) is 5.61. The largest absolute Gasteiger partial charge is 0.322 e. The van der Waals surface area contributed by atoms with Crippen LogP contribution in [0.2, 0.25) is 0 Å². The molecule has 0 saturated carbocycles. The first-order chi connectivity index (χ1) is 13.3. The number of aromatic nitrogens is 1. The quantitative estimate of drug-likeness (QED) is 0.666. The van der Waals surface area contributed by atoms with Crippen LogP contribution >= 0.6 is 0 Å². The van der Waals surface area contributed by atoms with Gasteiger partial charge in [-0.15, -0.1) is 0 Å². The van der Waals surface area contributed by atoms with Crippen LogP contribution in [0, 0.1) is 0 Å². The molecular formula is C24H26N2O2. The lowest BCUT2D eigenvalue weighted by atomic mass is 9.86. The SMILES string of the molecule is CC(C)(C)c1ccc(C(=O)Nc2ccc3c4c(c(=O)[nH]c3c2)CCCC4)cc1. The van der Waals surface area contributed by atoms with Crippen LogP contribution in [-0.2, 0) is 18.3 Å². The summed E-state index contributed by atoms with van der Waals surface area (Å²) in [6, 6.07) is 13.5. The number of carbonyl (C=O) groups is 1. The molecule has 144 valence electrons. The molecule has 0 bridgehead atoms. The maximum absolute atomic E-state index is 12.6. The Morgan fingerprint density at radius 3 is 2.32 bits per heavy atom. The summed E-state index contributed by atoms with van der Waals surface area (Å²) in [4.78, 5) is 28.0. The molecule has 1 aliphatic rings. The Hall–Kier alpha value is -2.88. The molecule has 28 heavy (non-hydrogen) atoms. The maximum Gasteiger partial charge on any atom is 0.255 e. The number of amides is 1. The van der Waals surface area contributed by atoms with E-state index in [9.17, 15) is 9.59 Å². The van der Waals surface area contributed by atoms with Gasteiger partial charge in [-0.05, 0) is 66.5 Å². The summed E-state index contributed by atoms with van der Waals surface area (Å²) >= 11 is 0. The van der Waals surface area contributed by atoms with E-state index < -0.39 is 0 Å². The van der Waals surface area contributed by atoms with Crippen molar-refractivity contribution in [2.45, 2.75) is 51.9 Å². The molecule has 0 aliphatic heterocycles. The third kappa shape index (κ3) is 3.47. The van der Waals surface area contributed by atoms with Gasteiger partial charge in [0, 0.05) is 22.2 Å². The fraction of sp³-hybridized carbons (Fsp3) is 0.333. The van der Waals surface area contributed by atoms with Crippen molar-refractivity contribution in [3.8, 4) is 0 Å². The Balaban J connectivity index is 1.61. The van der Waals surface area contributed by atoms with E-state index >= 15 is 0 Å². The van der Waals surface area contributed by atoms with Crippen LogP contribution in [0.5, 0.6) is 0 Å². The van der Waals surface area contributed by atoms with Gasteiger partial charge in [0.25, 0.3) is 11.5 Å². The monoisotopic (exact) mass is 374 g/mol. The van der Waals surface area contributed by atoms with E-state index in [1.54, 1.807) is 0 Å². The van der Waals surface area contributed by atoms with Crippen molar-refractivity contribution in [2.75, 3.05) is 5.32 Å². The first-order valence-corrected chi connectivity index (χ1v) is 9.92. The van der Waals surface area contributed by atoms with Crippen LogP contribution in [0.1, 0.15) is 60.7 Å². The molecule has 0 saturated heterocycles. The summed E-state index contributed by atoms with van der Waals surface area (Å²) in [6.45, 7) is 6.45. The fourth-order valence-corrected chi connectivity index (χ4v) is 3.96. The zero-order valence-electron chi connectivity index (χ0n) is 16.7. The highest BCUT2D eigenvalue weighted by Crippen LogP contribution is 2.27. The van der Waals surface area contributed by atoms with Gasteiger partial charge < -0.3 is 10.3 Å². The number of carbonyl (C=O) groups excluding carboxylic acids is 1. The average Bonchev–Trinajstić information content (AvgIpc) is 2.67. The number of hydrogen-bond donors (Lipinski definition) is 2. The third-order valence-corrected chi connectivity index (χ3v) is 5.61. The van der Waals surface area contributed by atoms with Crippen LogP contribution in [0.25, 0.3) is 10.9 Å². The van der Waals surface area contributed by atoms with Gasteiger partial charge in [0.05, 0.1) is 5.52 Å². The number of anilines is 1.